The highest BCUT2D eigenvalue weighted by molar-refractivity contribution is 7.90. The van der Waals surface area contributed by atoms with Crippen molar-refractivity contribution < 1.29 is 13.2 Å². The van der Waals surface area contributed by atoms with E-state index < -0.39 is 10.0 Å². The van der Waals surface area contributed by atoms with Gasteiger partial charge >= 0.3 is 0 Å². The van der Waals surface area contributed by atoms with E-state index in [-0.39, 0.29) is 17.3 Å². The summed E-state index contributed by atoms with van der Waals surface area (Å²) in [5.74, 6) is 0.151. The van der Waals surface area contributed by atoms with Crippen LogP contribution in [-0.4, -0.2) is 28.3 Å². The zero-order valence-electron chi connectivity index (χ0n) is 18.0. The summed E-state index contributed by atoms with van der Waals surface area (Å²) >= 11 is 0. The van der Waals surface area contributed by atoms with Gasteiger partial charge in [0, 0.05) is 35.1 Å². The minimum atomic E-state index is -3.89. The lowest BCUT2D eigenvalue weighted by molar-refractivity contribution is 0.0949. The summed E-state index contributed by atoms with van der Waals surface area (Å²) in [4.78, 5) is 20.7. The molecular weight excluding hydrogens is 448 g/mol. The number of aromatic nitrogens is 3. The van der Waals surface area contributed by atoms with Gasteiger partial charge in [-0.2, -0.15) is 0 Å². The first-order valence-electron chi connectivity index (χ1n) is 10.6. The van der Waals surface area contributed by atoms with Crippen molar-refractivity contribution in [3.05, 3.63) is 115 Å². The molecule has 5 rings (SSSR count). The van der Waals surface area contributed by atoms with Crippen LogP contribution in [0.1, 0.15) is 16.2 Å². The monoisotopic (exact) mass is 468 g/mol. The van der Waals surface area contributed by atoms with Gasteiger partial charge in [-0.25, -0.2) is 22.4 Å². The lowest BCUT2D eigenvalue weighted by Crippen LogP contribution is -2.24. The number of para-hydroxylation sites is 1. The molecule has 3 aromatic carbocycles. The second-order valence-electron chi connectivity index (χ2n) is 7.60. The maximum atomic E-state index is 13.5. The fraction of sp³-hybridized carbons (Fsp3) is 0.0385. The Morgan fingerprint density at radius 2 is 1.50 bits per heavy atom. The molecule has 0 unspecified atom stereocenters. The molecule has 2 heterocycles. The predicted octanol–water partition coefficient (Wildman–Crippen LogP) is 4.27. The summed E-state index contributed by atoms with van der Waals surface area (Å²) in [5.41, 5.74) is 2.70. The molecule has 1 amide bonds. The van der Waals surface area contributed by atoms with Crippen LogP contribution in [0.25, 0.3) is 22.0 Å². The van der Waals surface area contributed by atoms with Crippen molar-refractivity contribution in [1.82, 2.24) is 19.3 Å². The van der Waals surface area contributed by atoms with Crippen molar-refractivity contribution in [2.24, 2.45) is 0 Å². The van der Waals surface area contributed by atoms with Crippen molar-refractivity contribution in [2.45, 2.75) is 11.4 Å². The quantitative estimate of drug-likeness (QED) is 0.402. The van der Waals surface area contributed by atoms with Gasteiger partial charge in [-0.15, -0.1) is 0 Å². The van der Waals surface area contributed by atoms with Gasteiger partial charge in [0.15, 0.2) is 0 Å². The summed E-state index contributed by atoms with van der Waals surface area (Å²) in [6.07, 6.45) is 4.85. The molecule has 0 aliphatic carbocycles. The summed E-state index contributed by atoms with van der Waals surface area (Å²) in [5, 5.41) is 3.58. The molecule has 0 aliphatic rings. The first-order chi connectivity index (χ1) is 16.5. The van der Waals surface area contributed by atoms with E-state index in [1.165, 1.54) is 28.2 Å². The van der Waals surface area contributed by atoms with Crippen LogP contribution in [-0.2, 0) is 16.6 Å². The Balaban J connectivity index is 1.45. The number of nitrogens with one attached hydrogen (secondary N) is 1. The van der Waals surface area contributed by atoms with Gasteiger partial charge in [-0.3, -0.25) is 4.79 Å². The van der Waals surface area contributed by atoms with E-state index in [4.69, 9.17) is 0 Å². The number of carbonyl (C=O) groups is 1. The third kappa shape index (κ3) is 4.06. The predicted molar refractivity (Wildman–Crippen MR) is 130 cm³/mol. The molecule has 0 fully saturated rings. The normalized spacial score (nSPS) is 11.4. The highest BCUT2D eigenvalue weighted by atomic mass is 32.2. The number of fused-ring (bicyclic) bond motifs is 1. The van der Waals surface area contributed by atoms with E-state index in [1.807, 2.05) is 48.5 Å². The molecule has 0 radical (unpaired) electrons. The minimum Gasteiger partial charge on any atom is -0.345 e. The molecule has 5 aromatic rings. The zero-order chi connectivity index (χ0) is 23.5. The highest BCUT2D eigenvalue weighted by Gasteiger charge is 2.22. The van der Waals surface area contributed by atoms with Crippen LogP contribution in [0.15, 0.2) is 108 Å². The molecule has 1 N–H and O–H groups in total. The summed E-state index contributed by atoms with van der Waals surface area (Å²) in [6, 6.07) is 24.6. The maximum Gasteiger partial charge on any atom is 0.268 e. The largest absolute Gasteiger partial charge is 0.345 e. The molecule has 34 heavy (non-hydrogen) atoms. The van der Waals surface area contributed by atoms with Crippen molar-refractivity contribution in [3.63, 3.8) is 0 Å². The van der Waals surface area contributed by atoms with Crippen molar-refractivity contribution in [2.75, 3.05) is 0 Å². The van der Waals surface area contributed by atoms with Gasteiger partial charge < -0.3 is 5.32 Å². The van der Waals surface area contributed by atoms with Gasteiger partial charge in [0.2, 0.25) is 0 Å². The Morgan fingerprint density at radius 1 is 0.824 bits per heavy atom. The summed E-state index contributed by atoms with van der Waals surface area (Å²) < 4.78 is 28.4. The van der Waals surface area contributed by atoms with Gasteiger partial charge in [0.05, 0.1) is 17.0 Å². The molecule has 0 bridgehead atoms. The first kappa shape index (κ1) is 21.5. The summed E-state index contributed by atoms with van der Waals surface area (Å²) in [6.45, 7) is 0.178. The Labute approximate surface area is 196 Å². The summed E-state index contributed by atoms with van der Waals surface area (Å²) in [7, 11) is -3.89. The number of hydrogen-bond donors (Lipinski definition) is 1. The van der Waals surface area contributed by atoms with Gasteiger partial charge in [0.25, 0.3) is 15.9 Å². The van der Waals surface area contributed by atoms with Crippen LogP contribution in [0.3, 0.4) is 0 Å². The van der Waals surface area contributed by atoms with E-state index in [2.05, 4.69) is 15.3 Å². The second-order valence-corrected chi connectivity index (χ2v) is 9.41. The van der Waals surface area contributed by atoms with Crippen molar-refractivity contribution in [3.8, 4) is 11.1 Å². The maximum absolute atomic E-state index is 13.5. The van der Waals surface area contributed by atoms with E-state index in [1.54, 1.807) is 30.7 Å². The Kier molecular flexibility index (Phi) is 5.65. The Hall–Kier alpha value is -4.30. The van der Waals surface area contributed by atoms with Crippen LogP contribution in [0.5, 0.6) is 0 Å². The third-order valence-corrected chi connectivity index (χ3v) is 7.15. The third-order valence-electron chi connectivity index (χ3n) is 5.46. The molecule has 8 heteroatoms. The number of hydrogen-bond acceptors (Lipinski definition) is 5. The van der Waals surface area contributed by atoms with Gasteiger partial charge in [0.1, 0.15) is 5.82 Å². The molecule has 0 saturated heterocycles. The second kappa shape index (κ2) is 8.92. The van der Waals surface area contributed by atoms with E-state index in [9.17, 15) is 13.2 Å². The average Bonchev–Trinajstić information content (AvgIpc) is 3.29. The molecule has 2 aromatic heterocycles. The molecule has 0 aliphatic heterocycles. The Morgan fingerprint density at radius 3 is 2.24 bits per heavy atom. The molecule has 7 nitrogen and oxygen atoms in total. The number of amides is 1. The molecule has 0 spiro atoms. The topological polar surface area (TPSA) is 94.0 Å². The average molecular weight is 469 g/mol. The molecule has 168 valence electrons. The number of rotatable bonds is 6. The van der Waals surface area contributed by atoms with Crippen LogP contribution in [0.4, 0.5) is 0 Å². The highest BCUT2D eigenvalue weighted by Crippen LogP contribution is 2.32. The Bertz CT molecular complexity index is 1560. The van der Waals surface area contributed by atoms with Crippen molar-refractivity contribution in [1.29, 1.82) is 0 Å². The van der Waals surface area contributed by atoms with E-state index in [0.717, 1.165) is 16.5 Å². The van der Waals surface area contributed by atoms with E-state index in [0.29, 0.717) is 16.9 Å². The fourth-order valence-corrected chi connectivity index (χ4v) is 5.14. The number of benzene rings is 3. The van der Waals surface area contributed by atoms with Crippen LogP contribution >= 0.6 is 0 Å². The molecular formula is C26H20N4O3S. The number of nitrogens with zero attached hydrogens (tertiary/aromatic N) is 3. The zero-order valence-corrected chi connectivity index (χ0v) is 18.8. The number of carbonyl (C=O) groups excluding carboxylic acids is 1. The minimum absolute atomic E-state index is 0.0933. The molecule has 0 saturated carbocycles. The molecule has 0 atom stereocenters. The lowest BCUT2D eigenvalue weighted by Gasteiger charge is -2.09. The lowest BCUT2D eigenvalue weighted by atomic mass is 10.1. The van der Waals surface area contributed by atoms with Gasteiger partial charge in [-0.1, -0.05) is 48.5 Å². The van der Waals surface area contributed by atoms with Crippen LogP contribution < -0.4 is 5.32 Å². The van der Waals surface area contributed by atoms with Crippen LogP contribution in [0.2, 0.25) is 0 Å². The standard InChI is InChI=1S/C26H20N4O3S/c31-26(29-17-25-27-15-6-16-28-25)20-11-13-21(14-12-20)34(32,33)30-18-23(19-7-2-1-3-8-19)22-9-4-5-10-24(22)30/h1-16,18H,17H2,(H,29,31). The fourth-order valence-electron chi connectivity index (χ4n) is 3.77. The SMILES string of the molecule is O=C(NCc1ncccn1)c1ccc(S(=O)(=O)n2cc(-c3ccccc3)c3ccccc32)cc1. The van der Waals surface area contributed by atoms with Crippen molar-refractivity contribution >= 4 is 26.8 Å². The van der Waals surface area contributed by atoms with E-state index >= 15 is 0 Å². The smallest absolute Gasteiger partial charge is 0.268 e. The first-order valence-corrected chi connectivity index (χ1v) is 12.0. The van der Waals surface area contributed by atoms with Crippen LogP contribution in [0, 0.1) is 0 Å². The van der Waals surface area contributed by atoms with Gasteiger partial charge in [-0.05, 0) is 42.0 Å².